The summed E-state index contributed by atoms with van der Waals surface area (Å²) in [4.78, 5) is 2.52. The van der Waals surface area contributed by atoms with E-state index in [1.807, 2.05) is 0 Å². The Kier molecular flexibility index (Phi) is 6.37. The van der Waals surface area contributed by atoms with Gasteiger partial charge in [0.15, 0.2) is 0 Å². The van der Waals surface area contributed by atoms with Gasteiger partial charge in [-0.25, -0.2) is 0 Å². The molecule has 0 bridgehead atoms. The van der Waals surface area contributed by atoms with Crippen LogP contribution in [0.15, 0.2) is 24.3 Å². The van der Waals surface area contributed by atoms with Crippen LogP contribution in [-0.4, -0.2) is 30.1 Å². The molecule has 0 heterocycles. The fraction of sp³-hybridized carbons (Fsp3) is 0.625. The number of aryl methyl sites for hydroxylation is 1. The minimum Gasteiger partial charge on any atom is -0.311 e. The zero-order chi connectivity index (χ0) is 13.5. The molecule has 0 aliphatic rings. The summed E-state index contributed by atoms with van der Waals surface area (Å²) in [5.41, 5.74) is 2.77. The molecule has 1 rings (SSSR count). The number of hydrogen-bond donors (Lipinski definition) is 1. The first-order valence-electron chi connectivity index (χ1n) is 7.03. The normalized spacial score (nSPS) is 11.8. The molecule has 0 aromatic heterocycles. The first-order valence-corrected chi connectivity index (χ1v) is 7.03. The summed E-state index contributed by atoms with van der Waals surface area (Å²) in [6.45, 7) is 14.4. The van der Waals surface area contributed by atoms with E-state index in [1.165, 1.54) is 11.1 Å². The van der Waals surface area contributed by atoms with Crippen LogP contribution in [0.1, 0.15) is 38.8 Å². The molecule has 1 aromatic rings. The first-order chi connectivity index (χ1) is 8.52. The second-order valence-corrected chi connectivity index (χ2v) is 5.53. The molecule has 2 heteroatoms. The van der Waals surface area contributed by atoms with Gasteiger partial charge in [-0.3, -0.25) is 4.90 Å². The van der Waals surface area contributed by atoms with Crippen LogP contribution >= 0.6 is 0 Å². The lowest BCUT2D eigenvalue weighted by atomic mass is 10.1. The fourth-order valence-corrected chi connectivity index (χ4v) is 2.35. The van der Waals surface area contributed by atoms with Crippen LogP contribution in [0.3, 0.4) is 0 Å². The van der Waals surface area contributed by atoms with E-state index in [0.29, 0.717) is 12.1 Å². The van der Waals surface area contributed by atoms with Crippen molar-refractivity contribution in [3.63, 3.8) is 0 Å². The molecule has 0 saturated heterocycles. The average Bonchev–Trinajstić information content (AvgIpc) is 2.30. The van der Waals surface area contributed by atoms with Gasteiger partial charge in [0.05, 0.1) is 0 Å². The number of rotatable bonds is 7. The van der Waals surface area contributed by atoms with Crippen LogP contribution in [0.4, 0.5) is 0 Å². The van der Waals surface area contributed by atoms with Gasteiger partial charge in [-0.05, 0) is 45.7 Å². The van der Waals surface area contributed by atoms with Crippen molar-refractivity contribution in [2.75, 3.05) is 13.1 Å². The van der Waals surface area contributed by atoms with Crippen LogP contribution in [0.5, 0.6) is 0 Å². The van der Waals surface area contributed by atoms with Gasteiger partial charge in [-0.1, -0.05) is 24.3 Å². The van der Waals surface area contributed by atoms with Crippen LogP contribution in [0, 0.1) is 6.92 Å². The van der Waals surface area contributed by atoms with Crippen molar-refractivity contribution >= 4 is 0 Å². The molecule has 0 atom stereocenters. The van der Waals surface area contributed by atoms with Crippen LogP contribution < -0.4 is 5.32 Å². The Balaban J connectivity index is 2.32. The molecule has 2 nitrogen and oxygen atoms in total. The molecule has 1 aromatic carbocycles. The molecule has 0 amide bonds. The molecule has 0 spiro atoms. The topological polar surface area (TPSA) is 15.3 Å². The van der Waals surface area contributed by atoms with Crippen molar-refractivity contribution in [1.29, 1.82) is 0 Å². The Morgan fingerprint density at radius 2 is 1.67 bits per heavy atom. The highest BCUT2D eigenvalue weighted by atomic mass is 15.2. The molecular formula is C16H28N2. The molecular weight excluding hydrogens is 220 g/mol. The van der Waals surface area contributed by atoms with Crippen LogP contribution in [0.2, 0.25) is 0 Å². The molecule has 0 saturated carbocycles. The second-order valence-electron chi connectivity index (χ2n) is 5.53. The monoisotopic (exact) mass is 248 g/mol. The molecule has 0 radical (unpaired) electrons. The van der Waals surface area contributed by atoms with Crippen molar-refractivity contribution in [1.82, 2.24) is 10.2 Å². The van der Waals surface area contributed by atoms with Gasteiger partial charge in [0.2, 0.25) is 0 Å². The standard InChI is InChI=1S/C16H28N2/c1-13(2)18(14(3)4)11-10-17-12-16-9-7-6-8-15(16)5/h6-9,13-14,17H,10-12H2,1-5H3. The van der Waals surface area contributed by atoms with Crippen molar-refractivity contribution in [2.45, 2.75) is 53.2 Å². The van der Waals surface area contributed by atoms with Gasteiger partial charge in [-0.15, -0.1) is 0 Å². The van der Waals surface area contributed by atoms with E-state index in [4.69, 9.17) is 0 Å². The summed E-state index contributed by atoms with van der Waals surface area (Å²) in [5, 5.41) is 3.54. The lowest BCUT2D eigenvalue weighted by molar-refractivity contribution is 0.176. The van der Waals surface area contributed by atoms with Gasteiger partial charge in [0.25, 0.3) is 0 Å². The van der Waals surface area contributed by atoms with Gasteiger partial charge in [-0.2, -0.15) is 0 Å². The van der Waals surface area contributed by atoms with E-state index in [0.717, 1.165) is 19.6 Å². The van der Waals surface area contributed by atoms with Crippen LogP contribution in [-0.2, 0) is 6.54 Å². The molecule has 0 aliphatic heterocycles. The number of benzene rings is 1. The molecule has 102 valence electrons. The Morgan fingerprint density at radius 3 is 2.22 bits per heavy atom. The van der Waals surface area contributed by atoms with Gasteiger partial charge in [0.1, 0.15) is 0 Å². The molecule has 1 N–H and O–H groups in total. The third-order valence-electron chi connectivity index (χ3n) is 3.45. The summed E-state index contributed by atoms with van der Waals surface area (Å²) in [6, 6.07) is 9.81. The summed E-state index contributed by atoms with van der Waals surface area (Å²) < 4.78 is 0. The summed E-state index contributed by atoms with van der Waals surface area (Å²) in [6.07, 6.45) is 0. The Morgan fingerprint density at radius 1 is 1.06 bits per heavy atom. The maximum absolute atomic E-state index is 3.54. The van der Waals surface area contributed by atoms with Crippen molar-refractivity contribution in [2.24, 2.45) is 0 Å². The highest BCUT2D eigenvalue weighted by Gasteiger charge is 2.11. The molecule has 18 heavy (non-hydrogen) atoms. The van der Waals surface area contributed by atoms with E-state index < -0.39 is 0 Å². The van der Waals surface area contributed by atoms with E-state index in [2.05, 4.69) is 69.1 Å². The summed E-state index contributed by atoms with van der Waals surface area (Å²) in [7, 11) is 0. The Labute approximate surface area is 112 Å². The molecule has 0 unspecified atom stereocenters. The predicted molar refractivity (Wildman–Crippen MR) is 79.9 cm³/mol. The smallest absolute Gasteiger partial charge is 0.0208 e. The highest BCUT2D eigenvalue weighted by molar-refractivity contribution is 5.25. The third-order valence-corrected chi connectivity index (χ3v) is 3.45. The first kappa shape index (κ1) is 15.2. The van der Waals surface area contributed by atoms with E-state index in [-0.39, 0.29) is 0 Å². The maximum atomic E-state index is 3.54. The summed E-state index contributed by atoms with van der Waals surface area (Å²) >= 11 is 0. The number of nitrogens with zero attached hydrogens (tertiary/aromatic N) is 1. The third kappa shape index (κ3) is 4.79. The minimum atomic E-state index is 0.616. The van der Waals surface area contributed by atoms with Crippen molar-refractivity contribution in [3.05, 3.63) is 35.4 Å². The van der Waals surface area contributed by atoms with E-state index in [9.17, 15) is 0 Å². The fourth-order valence-electron chi connectivity index (χ4n) is 2.35. The Hall–Kier alpha value is -0.860. The zero-order valence-corrected chi connectivity index (χ0v) is 12.5. The van der Waals surface area contributed by atoms with Gasteiger partial charge >= 0.3 is 0 Å². The van der Waals surface area contributed by atoms with E-state index in [1.54, 1.807) is 0 Å². The largest absolute Gasteiger partial charge is 0.311 e. The average molecular weight is 248 g/mol. The number of hydrogen-bond acceptors (Lipinski definition) is 2. The van der Waals surface area contributed by atoms with Gasteiger partial charge in [0, 0.05) is 31.7 Å². The van der Waals surface area contributed by atoms with Crippen LogP contribution in [0.25, 0.3) is 0 Å². The quantitative estimate of drug-likeness (QED) is 0.745. The SMILES string of the molecule is Cc1ccccc1CNCCN(C(C)C)C(C)C. The van der Waals surface area contributed by atoms with Gasteiger partial charge < -0.3 is 5.32 Å². The minimum absolute atomic E-state index is 0.616. The molecule has 0 fully saturated rings. The van der Waals surface area contributed by atoms with Crippen molar-refractivity contribution < 1.29 is 0 Å². The Bertz CT molecular complexity index is 337. The zero-order valence-electron chi connectivity index (χ0n) is 12.5. The second kappa shape index (κ2) is 7.55. The summed E-state index contributed by atoms with van der Waals surface area (Å²) in [5.74, 6) is 0. The highest BCUT2D eigenvalue weighted by Crippen LogP contribution is 2.06. The molecule has 0 aliphatic carbocycles. The lowest BCUT2D eigenvalue weighted by Gasteiger charge is -2.30. The van der Waals surface area contributed by atoms with Crippen molar-refractivity contribution in [3.8, 4) is 0 Å². The predicted octanol–water partition coefficient (Wildman–Crippen LogP) is 3.20. The maximum Gasteiger partial charge on any atom is 0.0208 e. The number of nitrogens with one attached hydrogen (secondary N) is 1. The lowest BCUT2D eigenvalue weighted by Crippen LogP contribution is -2.41. The van der Waals surface area contributed by atoms with E-state index >= 15 is 0 Å².